The van der Waals surface area contributed by atoms with E-state index in [0.717, 1.165) is 11.1 Å². The fourth-order valence-electron chi connectivity index (χ4n) is 2.33. The van der Waals surface area contributed by atoms with Crippen LogP contribution in [0.5, 0.6) is 0 Å². The van der Waals surface area contributed by atoms with Crippen LogP contribution in [0.4, 0.5) is 0 Å². The minimum atomic E-state index is -0.462. The van der Waals surface area contributed by atoms with E-state index in [1.165, 1.54) is 13.2 Å². The summed E-state index contributed by atoms with van der Waals surface area (Å²) in [7, 11) is 1.34. The smallest absolute Gasteiger partial charge is 0.330 e. The first-order chi connectivity index (χ1) is 12.7. The van der Waals surface area contributed by atoms with Gasteiger partial charge in [0.2, 0.25) is 0 Å². The van der Waals surface area contributed by atoms with Crippen LogP contribution in [0.1, 0.15) is 11.1 Å². The van der Waals surface area contributed by atoms with E-state index in [4.69, 9.17) is 9.47 Å². The first kappa shape index (κ1) is 19.6. The second-order valence-corrected chi connectivity index (χ2v) is 5.64. The van der Waals surface area contributed by atoms with Gasteiger partial charge in [-0.3, -0.25) is 0 Å². The number of hydrogen-bond donors (Lipinski definition) is 0. The normalized spacial score (nSPS) is 13.3. The molecule has 0 spiro atoms. The first-order valence-corrected chi connectivity index (χ1v) is 8.42. The molecule has 0 unspecified atom stereocenters. The van der Waals surface area contributed by atoms with Crippen molar-refractivity contribution in [2.24, 2.45) is 0 Å². The summed E-state index contributed by atoms with van der Waals surface area (Å²) >= 11 is 0. The molecule has 4 heteroatoms. The molecule has 0 saturated heterocycles. The Morgan fingerprint density at radius 1 is 0.923 bits per heavy atom. The number of hydrogen-bond acceptors (Lipinski definition) is 4. The quantitative estimate of drug-likeness (QED) is 0.367. The van der Waals surface area contributed by atoms with Crippen molar-refractivity contribution >= 4 is 5.97 Å². The molecule has 2 aromatic rings. The van der Waals surface area contributed by atoms with Gasteiger partial charge in [-0.1, -0.05) is 66.7 Å². The number of rotatable bonds is 10. The van der Waals surface area contributed by atoms with E-state index >= 15 is 0 Å². The first-order valence-electron chi connectivity index (χ1n) is 8.42. The molecule has 0 aromatic heterocycles. The SMILES string of the molecule is C=C[C@H](OCc1ccccc1)[C@@H](/C=C/C(=O)OC)OCc1ccccc1. The van der Waals surface area contributed by atoms with E-state index in [9.17, 15) is 4.79 Å². The van der Waals surface area contributed by atoms with E-state index in [0.29, 0.717) is 13.2 Å². The Bertz CT molecular complexity index is 695. The largest absolute Gasteiger partial charge is 0.466 e. The van der Waals surface area contributed by atoms with E-state index in [1.807, 2.05) is 60.7 Å². The molecule has 4 nitrogen and oxygen atoms in total. The average molecular weight is 352 g/mol. The van der Waals surface area contributed by atoms with Crippen LogP contribution in [0.2, 0.25) is 0 Å². The van der Waals surface area contributed by atoms with Crippen molar-refractivity contribution in [3.05, 3.63) is 96.6 Å². The number of ether oxygens (including phenoxy) is 3. The number of carbonyl (C=O) groups is 1. The fourth-order valence-corrected chi connectivity index (χ4v) is 2.33. The highest BCUT2D eigenvalue weighted by Gasteiger charge is 2.18. The molecule has 0 N–H and O–H groups in total. The maximum atomic E-state index is 11.4. The molecular weight excluding hydrogens is 328 g/mol. The van der Waals surface area contributed by atoms with Gasteiger partial charge in [-0.05, 0) is 17.2 Å². The van der Waals surface area contributed by atoms with Gasteiger partial charge in [0.15, 0.2) is 0 Å². The summed E-state index contributed by atoms with van der Waals surface area (Å²) in [6.07, 6.45) is 3.81. The molecule has 0 radical (unpaired) electrons. The fraction of sp³-hybridized carbons (Fsp3) is 0.227. The maximum Gasteiger partial charge on any atom is 0.330 e. The summed E-state index contributed by atoms with van der Waals surface area (Å²) in [5, 5.41) is 0. The minimum absolute atomic E-state index is 0.399. The summed E-state index contributed by atoms with van der Waals surface area (Å²) in [6, 6.07) is 19.7. The molecular formula is C22H24O4. The highest BCUT2D eigenvalue weighted by Crippen LogP contribution is 2.14. The molecule has 0 aliphatic rings. The Kier molecular flexibility index (Phi) is 8.33. The number of methoxy groups -OCH3 is 1. The van der Waals surface area contributed by atoms with Gasteiger partial charge in [-0.25, -0.2) is 4.79 Å². The van der Waals surface area contributed by atoms with Gasteiger partial charge in [-0.15, -0.1) is 6.58 Å². The zero-order chi connectivity index (χ0) is 18.6. The van der Waals surface area contributed by atoms with Crippen LogP contribution in [0, 0.1) is 0 Å². The second kappa shape index (κ2) is 11.0. The zero-order valence-corrected chi connectivity index (χ0v) is 14.9. The molecule has 2 aromatic carbocycles. The van der Waals surface area contributed by atoms with E-state index in [2.05, 4.69) is 11.3 Å². The molecule has 0 bridgehead atoms. The van der Waals surface area contributed by atoms with Gasteiger partial charge >= 0.3 is 5.97 Å². The second-order valence-electron chi connectivity index (χ2n) is 5.64. The molecule has 0 aliphatic carbocycles. The van der Waals surface area contributed by atoms with E-state index in [-0.39, 0.29) is 0 Å². The molecule has 0 saturated carbocycles. The lowest BCUT2D eigenvalue weighted by Crippen LogP contribution is -2.28. The summed E-state index contributed by atoms with van der Waals surface area (Å²) in [4.78, 5) is 11.4. The lowest BCUT2D eigenvalue weighted by atomic mass is 10.1. The van der Waals surface area contributed by atoms with Crippen LogP contribution in [0.25, 0.3) is 0 Å². The standard InChI is InChI=1S/C22H24O4/c1-3-20(25-16-18-10-6-4-7-11-18)21(14-15-22(23)24-2)26-17-19-12-8-5-9-13-19/h3-15,20-21H,1,16-17H2,2H3/b15-14+/t20-,21+/m0/s1. The van der Waals surface area contributed by atoms with Crippen molar-refractivity contribution in [3.63, 3.8) is 0 Å². The number of benzene rings is 2. The molecule has 0 aliphatic heterocycles. The van der Waals surface area contributed by atoms with Gasteiger partial charge < -0.3 is 14.2 Å². The van der Waals surface area contributed by atoms with Crippen LogP contribution in [0.3, 0.4) is 0 Å². The summed E-state index contributed by atoms with van der Waals surface area (Å²) in [5.41, 5.74) is 2.09. The predicted octanol–water partition coefficient (Wildman–Crippen LogP) is 4.07. The predicted molar refractivity (Wildman–Crippen MR) is 101 cm³/mol. The Morgan fingerprint density at radius 3 is 1.88 bits per heavy atom. The van der Waals surface area contributed by atoms with Gasteiger partial charge in [0.05, 0.1) is 20.3 Å². The van der Waals surface area contributed by atoms with Crippen LogP contribution < -0.4 is 0 Å². The van der Waals surface area contributed by atoms with Crippen molar-refractivity contribution < 1.29 is 19.0 Å². The Balaban J connectivity index is 2.04. The lowest BCUT2D eigenvalue weighted by molar-refractivity contribution is -0.135. The number of carbonyl (C=O) groups excluding carboxylic acids is 1. The molecule has 0 heterocycles. The Morgan fingerprint density at radius 2 is 1.42 bits per heavy atom. The highest BCUT2D eigenvalue weighted by atomic mass is 16.5. The highest BCUT2D eigenvalue weighted by molar-refractivity contribution is 5.81. The van der Waals surface area contributed by atoms with Crippen LogP contribution in [-0.4, -0.2) is 25.3 Å². The van der Waals surface area contributed by atoms with Gasteiger partial charge in [0, 0.05) is 6.08 Å². The maximum absolute atomic E-state index is 11.4. The van der Waals surface area contributed by atoms with Crippen molar-refractivity contribution in [2.75, 3.05) is 7.11 Å². The zero-order valence-electron chi connectivity index (χ0n) is 14.9. The van der Waals surface area contributed by atoms with Crippen LogP contribution in [-0.2, 0) is 32.2 Å². The average Bonchev–Trinajstić information content (AvgIpc) is 2.70. The molecule has 2 rings (SSSR count). The lowest BCUT2D eigenvalue weighted by Gasteiger charge is -2.23. The Labute approximate surface area is 154 Å². The van der Waals surface area contributed by atoms with Crippen LogP contribution >= 0.6 is 0 Å². The van der Waals surface area contributed by atoms with Crippen LogP contribution in [0.15, 0.2) is 85.5 Å². The van der Waals surface area contributed by atoms with Gasteiger partial charge in [0.25, 0.3) is 0 Å². The minimum Gasteiger partial charge on any atom is -0.466 e. The summed E-state index contributed by atoms with van der Waals surface area (Å²) < 4.78 is 16.6. The third-order valence-electron chi connectivity index (χ3n) is 3.75. The van der Waals surface area contributed by atoms with Crippen molar-refractivity contribution in [3.8, 4) is 0 Å². The Hall–Kier alpha value is -2.69. The molecule has 2 atom stereocenters. The summed E-state index contributed by atoms with van der Waals surface area (Å²) in [6.45, 7) is 4.67. The molecule has 26 heavy (non-hydrogen) atoms. The van der Waals surface area contributed by atoms with Crippen molar-refractivity contribution in [1.82, 2.24) is 0 Å². The monoisotopic (exact) mass is 352 g/mol. The topological polar surface area (TPSA) is 44.8 Å². The molecule has 0 fully saturated rings. The van der Waals surface area contributed by atoms with Crippen molar-refractivity contribution in [1.29, 1.82) is 0 Å². The van der Waals surface area contributed by atoms with Gasteiger partial charge in [-0.2, -0.15) is 0 Å². The number of esters is 1. The third-order valence-corrected chi connectivity index (χ3v) is 3.75. The summed E-state index contributed by atoms with van der Waals surface area (Å²) in [5.74, 6) is -0.441. The molecule has 136 valence electrons. The van der Waals surface area contributed by atoms with Crippen molar-refractivity contribution in [2.45, 2.75) is 25.4 Å². The molecule has 0 amide bonds. The van der Waals surface area contributed by atoms with E-state index < -0.39 is 18.2 Å². The van der Waals surface area contributed by atoms with Gasteiger partial charge in [0.1, 0.15) is 12.2 Å². The van der Waals surface area contributed by atoms with E-state index in [1.54, 1.807) is 12.2 Å². The third kappa shape index (κ3) is 6.67.